The van der Waals surface area contributed by atoms with Crippen LogP contribution < -0.4 is 10.5 Å². The quantitative estimate of drug-likeness (QED) is 0.522. The van der Waals surface area contributed by atoms with Gasteiger partial charge < -0.3 is 10.5 Å². The van der Waals surface area contributed by atoms with Gasteiger partial charge in [-0.1, -0.05) is 62.7 Å². The lowest BCUT2D eigenvalue weighted by atomic mass is 9.84. The minimum absolute atomic E-state index is 0.224. The Morgan fingerprint density at radius 1 is 0.967 bits per heavy atom. The maximum absolute atomic E-state index is 13.2. The van der Waals surface area contributed by atoms with Crippen molar-refractivity contribution in [3.8, 4) is 16.9 Å². The Morgan fingerprint density at radius 3 is 2.43 bits per heavy atom. The second-order valence-electron chi connectivity index (χ2n) is 7.93. The molecule has 2 nitrogen and oxygen atoms in total. The summed E-state index contributed by atoms with van der Waals surface area (Å²) in [7, 11) is 0. The molecular formula is C27H32FNO. The van der Waals surface area contributed by atoms with E-state index in [0.717, 1.165) is 48.2 Å². The van der Waals surface area contributed by atoms with Crippen molar-refractivity contribution < 1.29 is 9.13 Å². The molecule has 0 radical (unpaired) electrons. The molecule has 158 valence electrons. The fourth-order valence-electron chi connectivity index (χ4n) is 3.82. The van der Waals surface area contributed by atoms with E-state index in [2.05, 4.69) is 38.1 Å². The zero-order chi connectivity index (χ0) is 21.3. The number of ether oxygens (including phenoxy) is 1. The zero-order valence-electron chi connectivity index (χ0n) is 18.0. The van der Waals surface area contributed by atoms with E-state index in [9.17, 15) is 4.39 Å². The van der Waals surface area contributed by atoms with Gasteiger partial charge in [0.1, 0.15) is 18.2 Å². The summed E-state index contributed by atoms with van der Waals surface area (Å²) >= 11 is 0. The fraction of sp³-hybridized carbons (Fsp3) is 0.333. The highest BCUT2D eigenvalue weighted by Gasteiger charge is 2.18. The Labute approximate surface area is 179 Å². The predicted molar refractivity (Wildman–Crippen MR) is 123 cm³/mol. The van der Waals surface area contributed by atoms with Crippen LogP contribution in [-0.4, -0.2) is 6.54 Å². The standard InChI is InChI=1S/C24H24FNO.C3H8/c25-22-10-7-18(8-11-22)24-4-2-1-3-21(24)16-27-23-12-9-19-13-17(15-26)5-6-20(19)14-23;1-3-2/h1-4,7-12,14,17H,5-6,13,15-16,26H2;3H2,1-2H3. The SMILES string of the molecule is CCC.NCC1CCc2cc(OCc3ccccc3-c3ccc(F)cc3)ccc2C1. The summed E-state index contributed by atoms with van der Waals surface area (Å²) in [6, 6.07) is 21.1. The van der Waals surface area contributed by atoms with Crippen molar-refractivity contribution in [2.24, 2.45) is 11.7 Å². The monoisotopic (exact) mass is 405 g/mol. The molecule has 1 aliphatic carbocycles. The zero-order valence-corrected chi connectivity index (χ0v) is 18.0. The summed E-state index contributed by atoms with van der Waals surface area (Å²) < 4.78 is 19.3. The summed E-state index contributed by atoms with van der Waals surface area (Å²) in [6.45, 7) is 5.50. The summed E-state index contributed by atoms with van der Waals surface area (Å²) in [6.07, 6.45) is 4.54. The van der Waals surface area contributed by atoms with Crippen LogP contribution >= 0.6 is 0 Å². The van der Waals surface area contributed by atoms with Crippen LogP contribution in [0.25, 0.3) is 11.1 Å². The maximum atomic E-state index is 13.2. The average molecular weight is 406 g/mol. The molecule has 0 bridgehead atoms. The second kappa shape index (κ2) is 10.9. The van der Waals surface area contributed by atoms with Gasteiger partial charge in [-0.05, 0) is 83.8 Å². The van der Waals surface area contributed by atoms with Gasteiger partial charge in [-0.2, -0.15) is 0 Å². The van der Waals surface area contributed by atoms with Crippen LogP contribution in [0.5, 0.6) is 5.75 Å². The highest BCUT2D eigenvalue weighted by molar-refractivity contribution is 5.67. The Bertz CT molecular complexity index is 936. The first kappa shape index (κ1) is 22.0. The number of hydrogen-bond donors (Lipinski definition) is 1. The topological polar surface area (TPSA) is 35.2 Å². The molecular weight excluding hydrogens is 373 g/mol. The van der Waals surface area contributed by atoms with Crippen LogP contribution in [0.4, 0.5) is 4.39 Å². The first-order valence-corrected chi connectivity index (χ1v) is 10.9. The molecule has 1 atom stereocenters. The summed E-state index contributed by atoms with van der Waals surface area (Å²) in [5, 5.41) is 0. The summed E-state index contributed by atoms with van der Waals surface area (Å²) in [4.78, 5) is 0. The Balaban J connectivity index is 0.000000806. The van der Waals surface area contributed by atoms with Crippen LogP contribution in [0.15, 0.2) is 66.7 Å². The van der Waals surface area contributed by atoms with Crippen molar-refractivity contribution in [1.82, 2.24) is 0 Å². The molecule has 0 aromatic heterocycles. The Kier molecular flexibility index (Phi) is 8.04. The molecule has 0 saturated heterocycles. The molecule has 0 heterocycles. The summed E-state index contributed by atoms with van der Waals surface area (Å²) in [5.74, 6) is 1.28. The van der Waals surface area contributed by atoms with E-state index in [1.54, 1.807) is 12.1 Å². The third kappa shape index (κ3) is 5.70. The molecule has 0 fully saturated rings. The number of fused-ring (bicyclic) bond motifs is 1. The van der Waals surface area contributed by atoms with Gasteiger partial charge in [-0.25, -0.2) is 4.39 Å². The minimum atomic E-state index is -0.224. The van der Waals surface area contributed by atoms with Gasteiger partial charge in [-0.15, -0.1) is 0 Å². The van der Waals surface area contributed by atoms with Gasteiger partial charge >= 0.3 is 0 Å². The van der Waals surface area contributed by atoms with Crippen molar-refractivity contribution in [2.75, 3.05) is 6.54 Å². The largest absolute Gasteiger partial charge is 0.489 e. The van der Waals surface area contributed by atoms with Crippen LogP contribution in [0, 0.1) is 11.7 Å². The van der Waals surface area contributed by atoms with E-state index in [1.807, 2.05) is 18.2 Å². The molecule has 3 heteroatoms. The van der Waals surface area contributed by atoms with E-state index >= 15 is 0 Å². The normalized spacial score (nSPS) is 15.0. The van der Waals surface area contributed by atoms with Gasteiger partial charge in [-0.3, -0.25) is 0 Å². The highest BCUT2D eigenvalue weighted by Crippen LogP contribution is 2.29. The van der Waals surface area contributed by atoms with Crippen LogP contribution in [-0.2, 0) is 19.4 Å². The summed E-state index contributed by atoms with van der Waals surface area (Å²) in [5.41, 5.74) is 11.8. The lowest BCUT2D eigenvalue weighted by Gasteiger charge is -2.24. The van der Waals surface area contributed by atoms with Crippen molar-refractivity contribution in [3.05, 3.63) is 89.2 Å². The lowest BCUT2D eigenvalue weighted by Crippen LogP contribution is -2.22. The predicted octanol–water partition coefficient (Wildman–Crippen LogP) is 6.55. The van der Waals surface area contributed by atoms with Gasteiger partial charge in [0.15, 0.2) is 0 Å². The highest BCUT2D eigenvalue weighted by atomic mass is 19.1. The number of halogens is 1. The molecule has 2 N–H and O–H groups in total. The van der Waals surface area contributed by atoms with E-state index in [-0.39, 0.29) is 5.82 Å². The number of aryl methyl sites for hydroxylation is 1. The van der Waals surface area contributed by atoms with Gasteiger partial charge in [0.05, 0.1) is 0 Å². The van der Waals surface area contributed by atoms with Gasteiger partial charge in [0, 0.05) is 0 Å². The van der Waals surface area contributed by atoms with Crippen molar-refractivity contribution in [3.63, 3.8) is 0 Å². The van der Waals surface area contributed by atoms with Gasteiger partial charge in [0.2, 0.25) is 0 Å². The van der Waals surface area contributed by atoms with Crippen molar-refractivity contribution in [2.45, 2.75) is 46.1 Å². The smallest absolute Gasteiger partial charge is 0.123 e. The number of rotatable bonds is 5. The number of benzene rings is 3. The van der Waals surface area contributed by atoms with Crippen LogP contribution in [0.3, 0.4) is 0 Å². The first-order valence-electron chi connectivity index (χ1n) is 10.9. The third-order valence-corrected chi connectivity index (χ3v) is 5.41. The van der Waals surface area contributed by atoms with E-state index in [0.29, 0.717) is 12.5 Å². The van der Waals surface area contributed by atoms with Gasteiger partial charge in [0.25, 0.3) is 0 Å². The second-order valence-corrected chi connectivity index (χ2v) is 7.93. The minimum Gasteiger partial charge on any atom is -0.489 e. The number of hydrogen-bond acceptors (Lipinski definition) is 2. The van der Waals surface area contributed by atoms with E-state index in [4.69, 9.17) is 10.5 Å². The molecule has 0 amide bonds. The Hall–Kier alpha value is -2.65. The lowest BCUT2D eigenvalue weighted by molar-refractivity contribution is 0.306. The van der Waals surface area contributed by atoms with Crippen molar-refractivity contribution in [1.29, 1.82) is 0 Å². The van der Waals surface area contributed by atoms with Crippen LogP contribution in [0.1, 0.15) is 43.4 Å². The molecule has 3 aromatic rings. The molecule has 0 spiro atoms. The van der Waals surface area contributed by atoms with E-state index in [1.165, 1.54) is 29.7 Å². The maximum Gasteiger partial charge on any atom is 0.123 e. The number of nitrogens with two attached hydrogens (primary N) is 1. The van der Waals surface area contributed by atoms with Crippen LogP contribution in [0.2, 0.25) is 0 Å². The molecule has 4 rings (SSSR count). The molecule has 0 saturated carbocycles. The van der Waals surface area contributed by atoms with Crippen molar-refractivity contribution >= 4 is 0 Å². The molecule has 1 unspecified atom stereocenters. The van der Waals surface area contributed by atoms with E-state index < -0.39 is 0 Å². The molecule has 3 aromatic carbocycles. The first-order chi connectivity index (χ1) is 14.6. The fourth-order valence-corrected chi connectivity index (χ4v) is 3.82. The molecule has 30 heavy (non-hydrogen) atoms. The average Bonchev–Trinajstić information content (AvgIpc) is 2.78. The molecule has 1 aliphatic rings. The molecule has 0 aliphatic heterocycles. The Morgan fingerprint density at radius 2 is 1.70 bits per heavy atom. The third-order valence-electron chi connectivity index (χ3n) is 5.41.